The maximum Gasteiger partial charge on any atom is 0.327 e. The highest BCUT2D eigenvalue weighted by Crippen LogP contribution is 2.24. The summed E-state index contributed by atoms with van der Waals surface area (Å²) in [5.74, 6) is -0.532. The first-order valence-corrected chi connectivity index (χ1v) is 7.53. The van der Waals surface area contributed by atoms with Crippen molar-refractivity contribution >= 4 is 27.6 Å². The van der Waals surface area contributed by atoms with Crippen LogP contribution in [0.5, 0.6) is 0 Å². The second-order valence-electron chi connectivity index (χ2n) is 4.73. The maximum absolute atomic E-state index is 12.2. The van der Waals surface area contributed by atoms with E-state index in [1.165, 1.54) is 13.3 Å². The summed E-state index contributed by atoms with van der Waals surface area (Å²) in [6.07, 6.45) is 3.14. The average molecular weight is 361 g/mol. The summed E-state index contributed by atoms with van der Waals surface area (Å²) in [4.78, 5) is 23.4. The molecule has 118 valence electrons. The van der Waals surface area contributed by atoms with Crippen LogP contribution < -0.4 is 16.6 Å². The molecule has 0 spiro atoms. The number of hydrogen-bond donors (Lipinski definition) is 2. The van der Waals surface area contributed by atoms with Gasteiger partial charge in [0.05, 0.1) is 19.0 Å². The Morgan fingerprint density at radius 3 is 2.62 bits per heavy atom. The normalized spacial score (nSPS) is 11.3. The number of rotatable bonds is 7. The molecule has 3 N–H and O–H groups in total. The number of aromatic nitrogens is 2. The predicted molar refractivity (Wildman–Crippen MR) is 84.2 cm³/mol. The van der Waals surface area contributed by atoms with Gasteiger partial charge in [0, 0.05) is 12.1 Å². The van der Waals surface area contributed by atoms with Crippen LogP contribution in [0.2, 0.25) is 0 Å². The SMILES string of the molecule is CCC(CC)(CN)Nc1cnn(CC(=O)OC)c(=O)c1Br. The molecule has 0 aliphatic carbocycles. The Kier molecular flexibility index (Phi) is 6.35. The van der Waals surface area contributed by atoms with Gasteiger partial charge in [0.2, 0.25) is 0 Å². The number of nitrogens with two attached hydrogens (primary N) is 1. The van der Waals surface area contributed by atoms with Crippen LogP contribution in [0.3, 0.4) is 0 Å². The number of ether oxygens (including phenoxy) is 1. The zero-order valence-electron chi connectivity index (χ0n) is 12.5. The van der Waals surface area contributed by atoms with Crippen LogP contribution in [0.4, 0.5) is 5.69 Å². The van der Waals surface area contributed by atoms with Crippen molar-refractivity contribution in [3.63, 3.8) is 0 Å². The standard InChI is InChI=1S/C13H21BrN4O3/c1-4-13(5-2,8-15)17-9-6-16-18(7-10(19)21-3)12(20)11(9)14/h6,17H,4-5,7-8,15H2,1-3H3. The van der Waals surface area contributed by atoms with Crippen molar-refractivity contribution in [1.29, 1.82) is 0 Å². The molecule has 0 aliphatic heterocycles. The lowest BCUT2D eigenvalue weighted by molar-refractivity contribution is -0.141. The molecule has 1 rings (SSSR count). The summed E-state index contributed by atoms with van der Waals surface area (Å²) in [6, 6.07) is 0. The molecule has 1 aromatic rings. The molecule has 0 amide bonds. The van der Waals surface area contributed by atoms with E-state index in [1.54, 1.807) is 0 Å². The van der Waals surface area contributed by atoms with Gasteiger partial charge in [-0.3, -0.25) is 9.59 Å². The minimum Gasteiger partial charge on any atom is -0.468 e. The van der Waals surface area contributed by atoms with Crippen molar-refractivity contribution in [1.82, 2.24) is 9.78 Å². The van der Waals surface area contributed by atoms with Crippen molar-refractivity contribution in [2.45, 2.75) is 38.8 Å². The summed E-state index contributed by atoms with van der Waals surface area (Å²) in [7, 11) is 1.26. The number of esters is 1. The molecule has 0 bridgehead atoms. The first-order chi connectivity index (χ1) is 9.92. The summed E-state index contributed by atoms with van der Waals surface area (Å²) in [6.45, 7) is 4.28. The number of methoxy groups -OCH3 is 1. The molecular weight excluding hydrogens is 340 g/mol. The third-order valence-corrected chi connectivity index (χ3v) is 4.40. The van der Waals surface area contributed by atoms with E-state index in [0.717, 1.165) is 17.5 Å². The fraction of sp³-hybridized carbons (Fsp3) is 0.615. The predicted octanol–water partition coefficient (Wildman–Crippen LogP) is 1.11. The quantitative estimate of drug-likeness (QED) is 0.706. The van der Waals surface area contributed by atoms with E-state index in [2.05, 4.69) is 31.1 Å². The first kappa shape index (κ1) is 17.6. The molecule has 0 unspecified atom stereocenters. The van der Waals surface area contributed by atoms with Crippen molar-refractivity contribution in [3.05, 3.63) is 21.0 Å². The minimum atomic E-state index is -0.532. The van der Waals surface area contributed by atoms with Gasteiger partial charge < -0.3 is 15.8 Å². The van der Waals surface area contributed by atoms with Gasteiger partial charge in [-0.05, 0) is 28.8 Å². The largest absolute Gasteiger partial charge is 0.468 e. The van der Waals surface area contributed by atoms with Crippen molar-refractivity contribution in [2.24, 2.45) is 5.73 Å². The van der Waals surface area contributed by atoms with E-state index < -0.39 is 11.5 Å². The molecule has 0 radical (unpaired) electrons. The van der Waals surface area contributed by atoms with E-state index >= 15 is 0 Å². The molecule has 0 saturated heterocycles. The monoisotopic (exact) mass is 360 g/mol. The number of carbonyl (C=O) groups excluding carboxylic acids is 1. The molecule has 0 atom stereocenters. The molecular formula is C13H21BrN4O3. The van der Waals surface area contributed by atoms with E-state index in [0.29, 0.717) is 16.7 Å². The highest BCUT2D eigenvalue weighted by molar-refractivity contribution is 9.10. The van der Waals surface area contributed by atoms with Crippen LogP contribution in [-0.2, 0) is 16.1 Å². The van der Waals surface area contributed by atoms with Gasteiger partial charge in [0.15, 0.2) is 0 Å². The number of hydrogen-bond acceptors (Lipinski definition) is 6. The summed E-state index contributed by atoms with van der Waals surface area (Å²) in [5.41, 5.74) is 5.71. The average Bonchev–Trinajstić information content (AvgIpc) is 2.51. The molecule has 0 fully saturated rings. The van der Waals surface area contributed by atoms with Crippen molar-refractivity contribution in [2.75, 3.05) is 19.0 Å². The van der Waals surface area contributed by atoms with Gasteiger partial charge in [-0.25, -0.2) is 4.68 Å². The minimum absolute atomic E-state index is 0.224. The van der Waals surface area contributed by atoms with Crippen molar-refractivity contribution in [3.8, 4) is 0 Å². The number of nitrogens with zero attached hydrogens (tertiary/aromatic N) is 2. The van der Waals surface area contributed by atoms with Gasteiger partial charge in [-0.2, -0.15) is 5.10 Å². The van der Waals surface area contributed by atoms with E-state index in [9.17, 15) is 9.59 Å². The van der Waals surface area contributed by atoms with Crippen LogP contribution in [0.25, 0.3) is 0 Å². The van der Waals surface area contributed by atoms with Gasteiger partial charge in [0.1, 0.15) is 11.0 Å². The third-order valence-electron chi connectivity index (χ3n) is 3.64. The lowest BCUT2D eigenvalue weighted by atomic mass is 9.93. The topological polar surface area (TPSA) is 99.2 Å². The molecule has 0 aliphatic rings. The first-order valence-electron chi connectivity index (χ1n) is 6.73. The second-order valence-corrected chi connectivity index (χ2v) is 5.52. The number of halogens is 1. The van der Waals surface area contributed by atoms with E-state index in [4.69, 9.17) is 5.73 Å². The van der Waals surface area contributed by atoms with Crippen LogP contribution in [-0.4, -0.2) is 34.9 Å². The Labute approximate surface area is 132 Å². The summed E-state index contributed by atoms with van der Waals surface area (Å²) in [5, 5.41) is 7.27. The smallest absolute Gasteiger partial charge is 0.327 e. The molecule has 1 aromatic heterocycles. The highest BCUT2D eigenvalue weighted by atomic mass is 79.9. The Morgan fingerprint density at radius 1 is 1.52 bits per heavy atom. The van der Waals surface area contributed by atoms with Crippen LogP contribution >= 0.6 is 15.9 Å². The molecule has 0 saturated carbocycles. The van der Waals surface area contributed by atoms with E-state index in [1.807, 2.05) is 13.8 Å². The van der Waals surface area contributed by atoms with Crippen molar-refractivity contribution < 1.29 is 9.53 Å². The van der Waals surface area contributed by atoms with Gasteiger partial charge in [-0.1, -0.05) is 13.8 Å². The van der Waals surface area contributed by atoms with Crippen LogP contribution in [0.15, 0.2) is 15.5 Å². The fourth-order valence-corrected chi connectivity index (χ4v) is 2.31. The number of carbonyl (C=O) groups is 1. The molecule has 1 heterocycles. The van der Waals surface area contributed by atoms with Crippen LogP contribution in [0, 0.1) is 0 Å². The zero-order valence-corrected chi connectivity index (χ0v) is 14.1. The van der Waals surface area contributed by atoms with E-state index in [-0.39, 0.29) is 12.1 Å². The molecule has 7 nitrogen and oxygen atoms in total. The second kappa shape index (κ2) is 7.56. The lowest BCUT2D eigenvalue weighted by Gasteiger charge is -2.32. The lowest BCUT2D eigenvalue weighted by Crippen LogP contribution is -2.45. The van der Waals surface area contributed by atoms with Gasteiger partial charge in [0.25, 0.3) is 5.56 Å². The van der Waals surface area contributed by atoms with Gasteiger partial charge >= 0.3 is 5.97 Å². The fourth-order valence-electron chi connectivity index (χ4n) is 1.90. The van der Waals surface area contributed by atoms with Crippen LogP contribution in [0.1, 0.15) is 26.7 Å². The third kappa shape index (κ3) is 4.04. The Balaban J connectivity index is 3.10. The maximum atomic E-state index is 12.2. The highest BCUT2D eigenvalue weighted by Gasteiger charge is 2.25. The Morgan fingerprint density at radius 2 is 2.14 bits per heavy atom. The molecule has 0 aromatic carbocycles. The summed E-state index contributed by atoms with van der Waals surface area (Å²) >= 11 is 3.25. The zero-order chi connectivity index (χ0) is 16.0. The molecule has 8 heteroatoms. The Hall–Kier alpha value is -1.41. The number of nitrogens with one attached hydrogen (secondary N) is 1. The Bertz CT molecular complexity index is 547. The van der Waals surface area contributed by atoms with Gasteiger partial charge in [-0.15, -0.1) is 0 Å². The number of anilines is 1. The molecule has 21 heavy (non-hydrogen) atoms. The summed E-state index contributed by atoms with van der Waals surface area (Å²) < 4.78 is 5.89.